The van der Waals surface area contributed by atoms with E-state index in [1.54, 1.807) is 11.9 Å². The van der Waals surface area contributed by atoms with Crippen molar-refractivity contribution in [3.8, 4) is 0 Å². The zero-order valence-electron chi connectivity index (χ0n) is 11.6. The molecule has 1 rings (SSSR count). The van der Waals surface area contributed by atoms with E-state index in [2.05, 4.69) is 5.32 Å². The summed E-state index contributed by atoms with van der Waals surface area (Å²) >= 11 is 0. The van der Waals surface area contributed by atoms with Gasteiger partial charge in [-0.2, -0.15) is 13.2 Å². The van der Waals surface area contributed by atoms with E-state index in [0.29, 0.717) is 19.6 Å². The maximum atomic E-state index is 12.2. The topological polar surface area (TPSA) is 35.6 Å². The highest BCUT2D eigenvalue weighted by atomic mass is 35.5. The number of amides is 1. The molecule has 1 saturated heterocycles. The van der Waals surface area contributed by atoms with Crippen molar-refractivity contribution in [1.82, 2.24) is 15.1 Å². The number of carbonyl (C=O) groups excluding carboxylic acids is 1. The minimum absolute atomic E-state index is 0. The SMILES string of the molecule is CNCC(C)C(=O)N1CCN(CC(F)(F)F)CC1.Cl.Cl. The van der Waals surface area contributed by atoms with Crippen LogP contribution in [0.3, 0.4) is 0 Å². The van der Waals surface area contributed by atoms with E-state index in [1.165, 1.54) is 4.90 Å². The van der Waals surface area contributed by atoms with Crippen LogP contribution >= 0.6 is 24.8 Å². The minimum Gasteiger partial charge on any atom is -0.340 e. The zero-order chi connectivity index (χ0) is 13.8. The van der Waals surface area contributed by atoms with Crippen molar-refractivity contribution in [1.29, 1.82) is 0 Å². The van der Waals surface area contributed by atoms with Gasteiger partial charge in [-0.15, -0.1) is 24.8 Å². The maximum absolute atomic E-state index is 12.2. The van der Waals surface area contributed by atoms with E-state index in [0.717, 1.165) is 0 Å². The van der Waals surface area contributed by atoms with Gasteiger partial charge in [0, 0.05) is 38.6 Å². The summed E-state index contributed by atoms with van der Waals surface area (Å²) < 4.78 is 36.6. The first-order valence-corrected chi connectivity index (χ1v) is 6.06. The number of nitrogens with zero attached hydrogens (tertiary/aromatic N) is 2. The van der Waals surface area contributed by atoms with Gasteiger partial charge in [-0.1, -0.05) is 6.92 Å². The summed E-state index contributed by atoms with van der Waals surface area (Å²) in [5, 5.41) is 2.92. The van der Waals surface area contributed by atoms with Crippen LogP contribution in [0.4, 0.5) is 13.2 Å². The first kappa shape index (κ1) is 22.0. The van der Waals surface area contributed by atoms with Gasteiger partial charge < -0.3 is 10.2 Å². The molecule has 1 aliphatic rings. The van der Waals surface area contributed by atoms with Gasteiger partial charge in [-0.05, 0) is 7.05 Å². The van der Waals surface area contributed by atoms with Crippen molar-refractivity contribution in [2.24, 2.45) is 5.92 Å². The van der Waals surface area contributed by atoms with Gasteiger partial charge >= 0.3 is 6.18 Å². The molecular weight excluding hydrogens is 318 g/mol. The third-order valence-corrected chi connectivity index (χ3v) is 3.02. The summed E-state index contributed by atoms with van der Waals surface area (Å²) in [6.45, 7) is 2.85. The Bertz CT molecular complexity index is 285. The molecule has 0 aromatic heterocycles. The van der Waals surface area contributed by atoms with Crippen molar-refractivity contribution in [3.63, 3.8) is 0 Å². The van der Waals surface area contributed by atoms with Crippen molar-refractivity contribution in [3.05, 3.63) is 0 Å². The van der Waals surface area contributed by atoms with E-state index >= 15 is 0 Å². The predicted octanol–water partition coefficient (Wildman–Crippen LogP) is 1.39. The third-order valence-electron chi connectivity index (χ3n) is 3.02. The molecule has 122 valence electrons. The number of hydrogen-bond donors (Lipinski definition) is 1. The number of halogens is 5. The van der Waals surface area contributed by atoms with Gasteiger partial charge in [0.05, 0.1) is 6.54 Å². The van der Waals surface area contributed by atoms with Crippen molar-refractivity contribution in [2.45, 2.75) is 13.1 Å². The molecule has 1 unspecified atom stereocenters. The first-order chi connectivity index (χ1) is 8.33. The highest BCUT2D eigenvalue weighted by Crippen LogP contribution is 2.17. The van der Waals surface area contributed by atoms with Crippen LogP contribution in [0.15, 0.2) is 0 Å². The molecule has 20 heavy (non-hydrogen) atoms. The largest absolute Gasteiger partial charge is 0.401 e. The van der Waals surface area contributed by atoms with Gasteiger partial charge in [0.1, 0.15) is 0 Å². The summed E-state index contributed by atoms with van der Waals surface area (Å²) in [6.07, 6.45) is -4.16. The van der Waals surface area contributed by atoms with Gasteiger partial charge in [0.2, 0.25) is 5.91 Å². The Balaban J connectivity index is 0. The Morgan fingerprint density at radius 2 is 1.70 bits per heavy atom. The Hall–Kier alpha value is -0.240. The quantitative estimate of drug-likeness (QED) is 0.840. The highest BCUT2D eigenvalue weighted by Gasteiger charge is 2.33. The molecule has 0 aromatic carbocycles. The smallest absolute Gasteiger partial charge is 0.340 e. The number of piperazine rings is 1. The molecule has 0 aromatic rings. The summed E-state index contributed by atoms with van der Waals surface area (Å²) in [5.41, 5.74) is 0. The fraction of sp³-hybridized carbons (Fsp3) is 0.909. The average molecular weight is 340 g/mol. The lowest BCUT2D eigenvalue weighted by molar-refractivity contribution is -0.152. The van der Waals surface area contributed by atoms with E-state index in [1.807, 2.05) is 6.92 Å². The van der Waals surface area contributed by atoms with Crippen LogP contribution < -0.4 is 5.32 Å². The lowest BCUT2D eigenvalue weighted by Crippen LogP contribution is -2.52. The number of rotatable bonds is 4. The number of hydrogen-bond acceptors (Lipinski definition) is 3. The minimum atomic E-state index is -4.16. The van der Waals surface area contributed by atoms with E-state index in [-0.39, 0.29) is 49.7 Å². The van der Waals surface area contributed by atoms with Crippen molar-refractivity contribution < 1.29 is 18.0 Å². The second-order valence-electron chi connectivity index (χ2n) is 4.68. The van der Waals surface area contributed by atoms with Crippen LogP contribution in [0.25, 0.3) is 0 Å². The normalized spacial score (nSPS) is 17.9. The van der Waals surface area contributed by atoms with E-state index in [4.69, 9.17) is 0 Å². The summed E-state index contributed by atoms with van der Waals surface area (Å²) in [6, 6.07) is 0. The molecule has 0 spiro atoms. The number of nitrogens with one attached hydrogen (secondary N) is 1. The molecule has 1 heterocycles. The van der Waals surface area contributed by atoms with Gasteiger partial charge in [-0.3, -0.25) is 9.69 Å². The van der Waals surface area contributed by atoms with Crippen LogP contribution in [-0.2, 0) is 4.79 Å². The van der Waals surface area contributed by atoms with Crippen LogP contribution in [0.1, 0.15) is 6.92 Å². The molecule has 4 nitrogen and oxygen atoms in total. The van der Waals surface area contributed by atoms with Crippen molar-refractivity contribution in [2.75, 3.05) is 46.3 Å². The van der Waals surface area contributed by atoms with Crippen LogP contribution in [0.2, 0.25) is 0 Å². The Labute approximate surface area is 129 Å². The number of alkyl halides is 3. The molecular formula is C11H22Cl2F3N3O. The zero-order valence-corrected chi connectivity index (χ0v) is 13.2. The first-order valence-electron chi connectivity index (χ1n) is 6.06. The van der Waals surface area contributed by atoms with Gasteiger partial charge in [-0.25, -0.2) is 0 Å². The third kappa shape index (κ3) is 7.52. The maximum Gasteiger partial charge on any atom is 0.401 e. The summed E-state index contributed by atoms with van der Waals surface area (Å²) in [4.78, 5) is 14.9. The highest BCUT2D eigenvalue weighted by molar-refractivity contribution is 5.85. The lowest BCUT2D eigenvalue weighted by atomic mass is 10.1. The van der Waals surface area contributed by atoms with Gasteiger partial charge in [0.15, 0.2) is 0 Å². The standard InChI is InChI=1S/C11H20F3N3O.2ClH/c1-9(7-15-2)10(18)17-5-3-16(4-6-17)8-11(12,13)14;;/h9,15H,3-8H2,1-2H3;2*1H. The Morgan fingerprint density at radius 3 is 2.10 bits per heavy atom. The summed E-state index contributed by atoms with van der Waals surface area (Å²) in [7, 11) is 1.77. The van der Waals surface area contributed by atoms with Crippen LogP contribution in [0.5, 0.6) is 0 Å². The van der Waals surface area contributed by atoms with Crippen LogP contribution in [0, 0.1) is 5.92 Å². The lowest BCUT2D eigenvalue weighted by Gasteiger charge is -2.36. The molecule has 9 heteroatoms. The molecule has 0 saturated carbocycles. The molecule has 1 N–H and O–H groups in total. The monoisotopic (exact) mass is 339 g/mol. The predicted molar refractivity (Wildman–Crippen MR) is 76.7 cm³/mol. The van der Waals surface area contributed by atoms with Gasteiger partial charge in [0.25, 0.3) is 0 Å². The molecule has 1 atom stereocenters. The Morgan fingerprint density at radius 1 is 1.20 bits per heavy atom. The van der Waals surface area contributed by atoms with Crippen LogP contribution in [-0.4, -0.2) is 68.2 Å². The molecule has 0 bridgehead atoms. The van der Waals surface area contributed by atoms with Crippen molar-refractivity contribution >= 4 is 30.7 Å². The number of carbonyl (C=O) groups is 1. The Kier molecular flexibility index (Phi) is 10.6. The molecule has 1 amide bonds. The fourth-order valence-corrected chi connectivity index (χ4v) is 2.09. The van der Waals surface area contributed by atoms with E-state index in [9.17, 15) is 18.0 Å². The molecule has 1 aliphatic heterocycles. The molecule has 0 radical (unpaired) electrons. The van der Waals surface area contributed by atoms with E-state index < -0.39 is 12.7 Å². The summed E-state index contributed by atoms with van der Waals surface area (Å²) in [5.74, 6) is -0.125. The second-order valence-corrected chi connectivity index (χ2v) is 4.68. The second kappa shape index (κ2) is 9.65. The molecule has 1 fully saturated rings. The molecule has 0 aliphatic carbocycles. The average Bonchev–Trinajstić information content (AvgIpc) is 2.27. The fourth-order valence-electron chi connectivity index (χ4n) is 2.09.